The number of para-hydroxylation sites is 1. The molecule has 7 nitrogen and oxygen atoms in total. The fourth-order valence-corrected chi connectivity index (χ4v) is 6.85. The molecule has 3 aromatic rings. The predicted molar refractivity (Wildman–Crippen MR) is 167 cm³/mol. The molecule has 2 fully saturated rings. The lowest BCUT2D eigenvalue weighted by Crippen LogP contribution is -2.55. The van der Waals surface area contributed by atoms with E-state index in [1.165, 1.54) is 32.1 Å². The summed E-state index contributed by atoms with van der Waals surface area (Å²) in [6.07, 6.45) is 8.87. The molecule has 5 rings (SSSR count). The highest BCUT2D eigenvalue weighted by Gasteiger charge is 2.29. The first-order valence-electron chi connectivity index (χ1n) is 14.5. The number of amides is 2. The number of nitrogens with zero attached hydrogens (tertiary/aromatic N) is 3. The summed E-state index contributed by atoms with van der Waals surface area (Å²) in [6, 6.07) is 11.4. The van der Waals surface area contributed by atoms with Gasteiger partial charge in [0.25, 0.3) is 0 Å². The lowest BCUT2D eigenvalue weighted by molar-refractivity contribution is -0.136. The number of aromatic nitrogens is 1. The van der Waals surface area contributed by atoms with Gasteiger partial charge < -0.3 is 15.2 Å². The number of hydrogen-bond donors (Lipinski definition) is 2. The minimum atomic E-state index is -0.728. The number of nitrogens with one attached hydrogen (secondary N) is 2. The molecule has 1 atom stereocenters. The van der Waals surface area contributed by atoms with Crippen molar-refractivity contribution >= 4 is 57.5 Å². The van der Waals surface area contributed by atoms with Gasteiger partial charge in [0.1, 0.15) is 6.04 Å². The van der Waals surface area contributed by atoms with Crippen molar-refractivity contribution in [2.75, 3.05) is 39.8 Å². The van der Waals surface area contributed by atoms with Gasteiger partial charge in [-0.3, -0.25) is 19.4 Å². The Hall–Kier alpha value is -2.29. The Morgan fingerprint density at radius 3 is 2.41 bits per heavy atom. The van der Waals surface area contributed by atoms with Crippen LogP contribution in [0.2, 0.25) is 15.1 Å². The summed E-state index contributed by atoms with van der Waals surface area (Å²) in [5.41, 5.74) is 2.73. The maximum Gasteiger partial charge on any atom is 0.245 e. The van der Waals surface area contributed by atoms with Gasteiger partial charge in [0.15, 0.2) is 0 Å². The number of halogens is 3. The summed E-state index contributed by atoms with van der Waals surface area (Å²) < 4.78 is 0. The molecule has 41 heavy (non-hydrogen) atoms. The van der Waals surface area contributed by atoms with E-state index in [0.717, 1.165) is 48.2 Å². The monoisotopic (exact) mass is 617 g/mol. The first-order chi connectivity index (χ1) is 19.8. The van der Waals surface area contributed by atoms with Crippen LogP contribution in [0.3, 0.4) is 0 Å². The van der Waals surface area contributed by atoms with Crippen LogP contribution in [-0.2, 0) is 22.6 Å². The third kappa shape index (κ3) is 7.57. The molecule has 1 aromatic heterocycles. The Balaban J connectivity index is 1.25. The normalized spacial score (nSPS) is 18.0. The zero-order chi connectivity index (χ0) is 28.9. The van der Waals surface area contributed by atoms with Crippen molar-refractivity contribution < 1.29 is 9.59 Å². The van der Waals surface area contributed by atoms with Crippen LogP contribution in [0.15, 0.2) is 42.6 Å². The van der Waals surface area contributed by atoms with Crippen LogP contribution < -0.4 is 5.32 Å². The summed E-state index contributed by atoms with van der Waals surface area (Å²) >= 11 is 18.6. The molecule has 1 aliphatic heterocycles. The molecule has 2 heterocycles. The topological polar surface area (TPSA) is 71.7 Å². The summed E-state index contributed by atoms with van der Waals surface area (Å²) in [5, 5.41) is 5.06. The van der Waals surface area contributed by atoms with Crippen LogP contribution >= 0.6 is 34.8 Å². The minimum absolute atomic E-state index is 0.139. The van der Waals surface area contributed by atoms with Crippen molar-refractivity contribution in [2.45, 2.75) is 57.2 Å². The van der Waals surface area contributed by atoms with E-state index in [1.807, 2.05) is 30.5 Å². The second-order valence-electron chi connectivity index (χ2n) is 11.4. The molecule has 0 radical (unpaired) electrons. The summed E-state index contributed by atoms with van der Waals surface area (Å²) in [7, 11) is 1.72. The Bertz CT molecular complexity index is 1340. The van der Waals surface area contributed by atoms with Gasteiger partial charge in [-0.15, -0.1) is 0 Å². The number of rotatable bonds is 9. The number of H-pyrrole nitrogens is 1. The molecule has 220 valence electrons. The lowest BCUT2D eigenvalue weighted by atomic mass is 9.94. The molecule has 0 spiro atoms. The van der Waals surface area contributed by atoms with E-state index in [0.29, 0.717) is 22.5 Å². The quantitative estimate of drug-likeness (QED) is 0.299. The highest BCUT2D eigenvalue weighted by Crippen LogP contribution is 2.31. The molecule has 2 aromatic carbocycles. The van der Waals surface area contributed by atoms with Crippen LogP contribution in [0.1, 0.15) is 43.2 Å². The van der Waals surface area contributed by atoms with Crippen molar-refractivity contribution in [3.63, 3.8) is 0 Å². The molecule has 1 saturated carbocycles. The van der Waals surface area contributed by atoms with Gasteiger partial charge in [0.05, 0.1) is 21.6 Å². The lowest BCUT2D eigenvalue weighted by Gasteiger charge is -2.40. The molecule has 2 amide bonds. The number of likely N-dealkylation sites (N-methyl/N-ethyl adjacent to an activating group) is 1. The van der Waals surface area contributed by atoms with E-state index in [9.17, 15) is 9.59 Å². The van der Waals surface area contributed by atoms with Crippen molar-refractivity contribution in [3.05, 3.63) is 68.8 Å². The van der Waals surface area contributed by atoms with Gasteiger partial charge in [-0.2, -0.15) is 0 Å². The second-order valence-corrected chi connectivity index (χ2v) is 12.5. The largest absolute Gasteiger partial charge is 0.361 e. The Morgan fingerprint density at radius 2 is 1.71 bits per heavy atom. The summed E-state index contributed by atoms with van der Waals surface area (Å²) in [5.74, 6) is -0.326. The standard InChI is InChI=1S/C31H38Cl3N5O2/c1-37(19-21-15-25(32)30(34)26(33)16-21)31(41)28(17-22-18-35-27-10-6-5-9-24(22)27)36-29(40)20-38-11-13-39(14-12-38)23-7-3-2-4-8-23/h5-6,9-10,15-16,18,23,28,35H,2-4,7-8,11-14,17,19-20H2,1H3,(H,36,40). The Morgan fingerprint density at radius 1 is 1.02 bits per heavy atom. The van der Waals surface area contributed by atoms with E-state index in [-0.39, 0.29) is 29.9 Å². The number of piperazine rings is 1. The van der Waals surface area contributed by atoms with Gasteiger partial charge in [-0.1, -0.05) is 72.3 Å². The third-order valence-electron chi connectivity index (χ3n) is 8.44. The number of aromatic amines is 1. The van der Waals surface area contributed by atoms with E-state index < -0.39 is 6.04 Å². The van der Waals surface area contributed by atoms with Crippen LogP contribution in [0.5, 0.6) is 0 Å². The molecular formula is C31H38Cl3N5O2. The van der Waals surface area contributed by atoms with Crippen molar-refractivity contribution in [3.8, 4) is 0 Å². The summed E-state index contributed by atoms with van der Waals surface area (Å²) in [6.45, 7) is 4.27. The van der Waals surface area contributed by atoms with Crippen LogP contribution in [0.4, 0.5) is 0 Å². The predicted octanol–water partition coefficient (Wildman–Crippen LogP) is 5.76. The van der Waals surface area contributed by atoms with Gasteiger partial charge in [-0.05, 0) is 42.2 Å². The van der Waals surface area contributed by atoms with Gasteiger partial charge in [0, 0.05) is 69.3 Å². The summed E-state index contributed by atoms with van der Waals surface area (Å²) in [4.78, 5) is 36.8. The highest BCUT2D eigenvalue weighted by molar-refractivity contribution is 6.48. The number of carbonyl (C=O) groups is 2. The number of fused-ring (bicyclic) bond motifs is 1. The highest BCUT2D eigenvalue weighted by atomic mass is 35.5. The van der Waals surface area contributed by atoms with E-state index in [2.05, 4.69) is 20.1 Å². The average Bonchev–Trinajstić information content (AvgIpc) is 3.38. The zero-order valence-electron chi connectivity index (χ0n) is 23.5. The number of hydrogen-bond acceptors (Lipinski definition) is 4. The van der Waals surface area contributed by atoms with Crippen molar-refractivity contribution in [1.29, 1.82) is 0 Å². The van der Waals surface area contributed by atoms with Crippen LogP contribution in [0.25, 0.3) is 10.9 Å². The van der Waals surface area contributed by atoms with E-state index in [1.54, 1.807) is 24.1 Å². The fraction of sp³-hybridized carbons (Fsp3) is 0.484. The molecule has 2 aliphatic rings. The van der Waals surface area contributed by atoms with Gasteiger partial charge >= 0.3 is 0 Å². The Kier molecular flexibility index (Phi) is 10.1. The fourth-order valence-electron chi connectivity index (χ4n) is 6.21. The van der Waals surface area contributed by atoms with E-state index in [4.69, 9.17) is 34.8 Å². The average molecular weight is 619 g/mol. The SMILES string of the molecule is CN(Cc1cc(Cl)c(Cl)c(Cl)c1)C(=O)C(Cc1c[nH]c2ccccc12)NC(=O)CN1CCN(C2CCCCC2)CC1. The van der Waals surface area contributed by atoms with Gasteiger partial charge in [-0.25, -0.2) is 0 Å². The Labute approximate surface area is 257 Å². The minimum Gasteiger partial charge on any atom is -0.361 e. The van der Waals surface area contributed by atoms with E-state index >= 15 is 0 Å². The molecule has 2 N–H and O–H groups in total. The second kappa shape index (κ2) is 13.8. The zero-order valence-corrected chi connectivity index (χ0v) is 25.7. The van der Waals surface area contributed by atoms with Crippen molar-refractivity contribution in [2.24, 2.45) is 0 Å². The van der Waals surface area contributed by atoms with Crippen molar-refractivity contribution in [1.82, 2.24) is 25.0 Å². The molecule has 10 heteroatoms. The third-order valence-corrected chi connectivity index (χ3v) is 9.63. The maximum absolute atomic E-state index is 13.8. The first kappa shape index (κ1) is 30.2. The maximum atomic E-state index is 13.8. The van der Waals surface area contributed by atoms with Crippen LogP contribution in [0, 0.1) is 0 Å². The number of benzene rings is 2. The molecule has 1 unspecified atom stereocenters. The molecule has 1 saturated heterocycles. The number of carbonyl (C=O) groups excluding carboxylic acids is 2. The molecular weight excluding hydrogens is 581 g/mol. The smallest absolute Gasteiger partial charge is 0.245 e. The van der Waals surface area contributed by atoms with Crippen LogP contribution in [-0.4, -0.2) is 83.4 Å². The van der Waals surface area contributed by atoms with Gasteiger partial charge in [0.2, 0.25) is 11.8 Å². The first-order valence-corrected chi connectivity index (χ1v) is 15.6. The molecule has 1 aliphatic carbocycles. The molecule has 0 bridgehead atoms.